The lowest BCUT2D eigenvalue weighted by molar-refractivity contribution is 0.410. The van der Waals surface area contributed by atoms with Crippen LogP contribution in [0.2, 0.25) is 0 Å². The first-order chi connectivity index (χ1) is 13.7. The summed E-state index contributed by atoms with van der Waals surface area (Å²) in [5.41, 5.74) is 8.70. The Balaban J connectivity index is 2.31. The lowest BCUT2D eigenvalue weighted by Crippen LogP contribution is -2.10. The minimum Gasteiger partial charge on any atom is -0.507 e. The Bertz CT molecular complexity index is 1100. The topological polar surface area (TPSA) is 85.7 Å². The van der Waals surface area contributed by atoms with Crippen molar-refractivity contribution < 1.29 is 14.3 Å². The molecule has 1 heterocycles. The Morgan fingerprint density at radius 1 is 1.03 bits per heavy atom. The average Bonchev–Trinajstić information content (AvgIpc) is 2.64. The first-order valence-corrected chi connectivity index (χ1v) is 10.3. The second-order valence-electron chi connectivity index (χ2n) is 8.59. The van der Waals surface area contributed by atoms with Gasteiger partial charge in [-0.15, -0.1) is 0 Å². The van der Waals surface area contributed by atoms with Crippen LogP contribution in [0.1, 0.15) is 51.7 Å². The second-order valence-corrected chi connectivity index (χ2v) is 8.59. The molecule has 29 heavy (non-hydrogen) atoms. The number of nitrogens with two attached hydrogens (primary N) is 1. The fourth-order valence-electron chi connectivity index (χ4n) is 3.77. The van der Waals surface area contributed by atoms with E-state index in [0.29, 0.717) is 52.7 Å². The fraction of sp³-hybridized carbons (Fsp3) is 0.458. The molecular weight excluding hydrogens is 366 g/mol. The van der Waals surface area contributed by atoms with E-state index in [-0.39, 0.29) is 16.6 Å². The monoisotopic (exact) mass is 397 g/mol. The van der Waals surface area contributed by atoms with Crippen LogP contribution in [0.3, 0.4) is 0 Å². The van der Waals surface area contributed by atoms with Crippen molar-refractivity contribution in [2.24, 2.45) is 11.8 Å². The predicted octanol–water partition coefficient (Wildman–Crippen LogP) is 5.42. The van der Waals surface area contributed by atoms with Gasteiger partial charge in [0.25, 0.3) is 0 Å². The normalized spacial score (nSPS) is 11.8. The van der Waals surface area contributed by atoms with Crippen LogP contribution >= 0.6 is 0 Å². The van der Waals surface area contributed by atoms with Crippen LogP contribution < -0.4 is 15.9 Å². The number of phenols is 1. The first-order valence-electron chi connectivity index (χ1n) is 10.3. The standard InChI is InChI=1S/C24H31NO4/c1-13(2)6-8-15-9-11-18-21(22(15)26)23(27)20-16(10-7-14(3)4)24(28-5)17(25)12-19(20)29-18/h9,11-14,26H,6-8,10,25H2,1-5H3. The van der Waals surface area contributed by atoms with Crippen molar-refractivity contribution in [2.75, 3.05) is 12.8 Å². The number of rotatable bonds is 7. The summed E-state index contributed by atoms with van der Waals surface area (Å²) in [7, 11) is 1.56. The molecule has 0 atom stereocenters. The summed E-state index contributed by atoms with van der Waals surface area (Å²) < 4.78 is 11.6. The van der Waals surface area contributed by atoms with E-state index in [1.54, 1.807) is 19.2 Å². The highest BCUT2D eigenvalue weighted by Crippen LogP contribution is 2.37. The van der Waals surface area contributed by atoms with Gasteiger partial charge >= 0.3 is 0 Å². The highest BCUT2D eigenvalue weighted by Gasteiger charge is 2.21. The van der Waals surface area contributed by atoms with Gasteiger partial charge in [0.1, 0.15) is 28.1 Å². The van der Waals surface area contributed by atoms with Crippen molar-refractivity contribution in [1.82, 2.24) is 0 Å². The highest BCUT2D eigenvalue weighted by molar-refractivity contribution is 5.97. The fourth-order valence-corrected chi connectivity index (χ4v) is 3.77. The van der Waals surface area contributed by atoms with Crippen LogP contribution in [-0.2, 0) is 12.8 Å². The zero-order chi connectivity index (χ0) is 21.3. The first kappa shape index (κ1) is 21.0. The molecule has 0 unspecified atom stereocenters. The molecule has 0 saturated carbocycles. The molecule has 0 spiro atoms. The number of hydrogen-bond acceptors (Lipinski definition) is 5. The van der Waals surface area contributed by atoms with Crippen molar-refractivity contribution >= 4 is 27.6 Å². The quantitative estimate of drug-likeness (QED) is 0.411. The zero-order valence-corrected chi connectivity index (χ0v) is 18.0. The maximum Gasteiger partial charge on any atom is 0.204 e. The highest BCUT2D eigenvalue weighted by atomic mass is 16.5. The molecule has 0 fully saturated rings. The lowest BCUT2D eigenvalue weighted by Gasteiger charge is -2.16. The molecule has 0 radical (unpaired) electrons. The van der Waals surface area contributed by atoms with Crippen LogP contribution in [0.5, 0.6) is 11.5 Å². The van der Waals surface area contributed by atoms with E-state index in [9.17, 15) is 9.90 Å². The molecule has 0 aliphatic heterocycles. The summed E-state index contributed by atoms with van der Waals surface area (Å²) in [5.74, 6) is 1.50. The van der Waals surface area contributed by atoms with Crippen molar-refractivity contribution in [3.8, 4) is 11.5 Å². The van der Waals surface area contributed by atoms with Crippen LogP contribution in [0, 0.1) is 11.8 Å². The molecular formula is C24H31NO4. The van der Waals surface area contributed by atoms with Gasteiger partial charge in [-0.05, 0) is 49.1 Å². The second kappa shape index (κ2) is 8.36. The van der Waals surface area contributed by atoms with Crippen LogP contribution in [0.25, 0.3) is 21.9 Å². The van der Waals surface area contributed by atoms with Gasteiger partial charge in [0.2, 0.25) is 5.43 Å². The molecule has 0 aliphatic carbocycles. The molecule has 1 aromatic heterocycles. The van der Waals surface area contributed by atoms with E-state index >= 15 is 0 Å². The van der Waals surface area contributed by atoms with Crippen molar-refractivity contribution in [3.05, 3.63) is 39.5 Å². The van der Waals surface area contributed by atoms with Gasteiger partial charge in [0.05, 0.1) is 18.2 Å². The Kier molecular flexibility index (Phi) is 6.06. The number of fused-ring (bicyclic) bond motifs is 2. The summed E-state index contributed by atoms with van der Waals surface area (Å²) in [5, 5.41) is 11.6. The minimum atomic E-state index is -0.234. The molecule has 2 aromatic carbocycles. The summed E-state index contributed by atoms with van der Waals surface area (Å²) in [6, 6.07) is 5.23. The summed E-state index contributed by atoms with van der Waals surface area (Å²) in [6.45, 7) is 8.53. The van der Waals surface area contributed by atoms with Gasteiger partial charge in [0.15, 0.2) is 0 Å². The summed E-state index contributed by atoms with van der Waals surface area (Å²) in [4.78, 5) is 13.5. The Morgan fingerprint density at radius 2 is 1.69 bits per heavy atom. The van der Waals surface area contributed by atoms with Gasteiger partial charge < -0.3 is 20.0 Å². The number of benzene rings is 2. The number of ether oxygens (including phenoxy) is 1. The lowest BCUT2D eigenvalue weighted by atomic mass is 9.95. The van der Waals surface area contributed by atoms with E-state index in [1.807, 2.05) is 6.07 Å². The number of anilines is 1. The molecule has 0 amide bonds. The zero-order valence-electron chi connectivity index (χ0n) is 18.0. The van der Waals surface area contributed by atoms with E-state index in [4.69, 9.17) is 14.9 Å². The molecule has 0 aliphatic rings. The smallest absolute Gasteiger partial charge is 0.204 e. The van der Waals surface area contributed by atoms with Crippen LogP contribution in [0.4, 0.5) is 5.69 Å². The number of phenolic OH excluding ortho intramolecular Hbond substituents is 1. The Labute approximate surface area is 171 Å². The van der Waals surface area contributed by atoms with Gasteiger partial charge in [-0.2, -0.15) is 0 Å². The van der Waals surface area contributed by atoms with Crippen molar-refractivity contribution in [3.63, 3.8) is 0 Å². The molecule has 5 heteroatoms. The van der Waals surface area contributed by atoms with Crippen molar-refractivity contribution in [2.45, 2.75) is 53.4 Å². The predicted molar refractivity (Wildman–Crippen MR) is 119 cm³/mol. The van der Waals surface area contributed by atoms with E-state index < -0.39 is 0 Å². The summed E-state index contributed by atoms with van der Waals surface area (Å²) >= 11 is 0. The van der Waals surface area contributed by atoms with E-state index in [2.05, 4.69) is 27.7 Å². The van der Waals surface area contributed by atoms with Gasteiger partial charge in [-0.1, -0.05) is 33.8 Å². The minimum absolute atomic E-state index is 0.0180. The molecule has 3 aromatic rings. The number of aryl methyl sites for hydroxylation is 2. The SMILES string of the molecule is COc1c(N)cc2oc3ccc(CCC(C)C)c(O)c3c(=O)c2c1CCC(C)C. The van der Waals surface area contributed by atoms with Crippen LogP contribution in [0.15, 0.2) is 27.4 Å². The maximum absolute atomic E-state index is 13.5. The third-order valence-corrected chi connectivity index (χ3v) is 5.44. The molecule has 3 N–H and O–H groups in total. The average molecular weight is 398 g/mol. The van der Waals surface area contributed by atoms with Gasteiger partial charge in [-0.25, -0.2) is 0 Å². The third-order valence-electron chi connectivity index (χ3n) is 5.44. The number of hydrogen-bond donors (Lipinski definition) is 2. The largest absolute Gasteiger partial charge is 0.507 e. The molecule has 156 valence electrons. The Hall–Kier alpha value is -2.69. The molecule has 0 saturated heterocycles. The number of aromatic hydroxyl groups is 1. The van der Waals surface area contributed by atoms with Gasteiger partial charge in [-0.3, -0.25) is 4.79 Å². The van der Waals surface area contributed by atoms with E-state index in [1.165, 1.54) is 0 Å². The molecule has 5 nitrogen and oxygen atoms in total. The number of methoxy groups -OCH3 is 1. The summed E-state index contributed by atoms with van der Waals surface area (Å²) in [6.07, 6.45) is 3.17. The number of nitrogen functional groups attached to an aromatic ring is 1. The molecule has 3 rings (SSSR count). The van der Waals surface area contributed by atoms with Crippen molar-refractivity contribution in [1.29, 1.82) is 0 Å². The Morgan fingerprint density at radius 3 is 2.31 bits per heavy atom. The maximum atomic E-state index is 13.5. The third kappa shape index (κ3) is 4.04. The van der Waals surface area contributed by atoms with E-state index in [0.717, 1.165) is 24.0 Å². The molecule has 0 bridgehead atoms. The van der Waals surface area contributed by atoms with Gasteiger partial charge in [0, 0.05) is 11.6 Å². The van der Waals surface area contributed by atoms with Crippen LogP contribution in [-0.4, -0.2) is 12.2 Å².